The van der Waals surface area contributed by atoms with Gasteiger partial charge in [-0.05, 0) is 34.8 Å². The molecule has 0 spiro atoms. The van der Waals surface area contributed by atoms with Crippen LogP contribution in [0.5, 0.6) is 0 Å². The van der Waals surface area contributed by atoms with Crippen LogP contribution in [0.4, 0.5) is 0 Å². The molecule has 4 aliphatic carbocycles. The molecule has 2 unspecified atom stereocenters. The Morgan fingerprint density at radius 1 is 0.337 bits per heavy atom. The van der Waals surface area contributed by atoms with E-state index in [1.165, 1.54) is 155 Å². The van der Waals surface area contributed by atoms with Crippen LogP contribution in [0.2, 0.25) is 0 Å². The Kier molecular flexibility index (Phi) is 27.8. The van der Waals surface area contributed by atoms with Gasteiger partial charge in [0.25, 0.3) is 0 Å². The second kappa shape index (κ2) is 33.0. The first kappa shape index (κ1) is 77.5. The van der Waals surface area contributed by atoms with Crippen molar-refractivity contribution in [2.45, 2.75) is 173 Å². The molecule has 0 N–H and O–H groups in total. The SMILES string of the molecule is CC(C)(C)c1c[c-]c2c(c1)-c1cc(C(C)(C)C)ccc1C2.CC(C)(C)c1c[c-]c2c(c1)-c1cc(C(C)(C)C)ccc1C2.CC1[C-]=CC(C(C)(C)C)=C1.CC1[C-]=CC(C(C)(C)C)=C1.[Cl-].[Cl-].[Zr+2]=[C](c1ccccc1)c1ccccc1.[Zr+2]=[C](c1ccccc1)c1ccccc1. The number of benzene rings is 8. The normalized spacial score (nSPS) is 14.9. The van der Waals surface area contributed by atoms with Crippen LogP contribution < -0.4 is 24.8 Å². The van der Waals surface area contributed by atoms with Crippen molar-refractivity contribution in [1.82, 2.24) is 0 Å². The van der Waals surface area contributed by atoms with Crippen LogP contribution in [0.1, 0.15) is 205 Å². The van der Waals surface area contributed by atoms with Gasteiger partial charge in [0.2, 0.25) is 0 Å². The Morgan fingerprint density at radius 2 is 0.598 bits per heavy atom. The van der Waals surface area contributed by atoms with Crippen molar-refractivity contribution in [3.63, 3.8) is 0 Å². The van der Waals surface area contributed by atoms with E-state index >= 15 is 0 Å². The van der Waals surface area contributed by atoms with Crippen molar-refractivity contribution in [2.75, 3.05) is 0 Å². The first-order chi connectivity index (χ1) is 42.1. The maximum absolute atomic E-state index is 3.53. The van der Waals surface area contributed by atoms with Gasteiger partial charge in [0, 0.05) is 0 Å². The molecular weight excluding hydrogens is 1310 g/mol. The number of fused-ring (bicyclic) bond motifs is 6. The summed E-state index contributed by atoms with van der Waals surface area (Å²) in [5, 5.41) is 0. The van der Waals surface area contributed by atoms with Crippen LogP contribution in [0.25, 0.3) is 22.3 Å². The van der Waals surface area contributed by atoms with Crippen molar-refractivity contribution in [3.05, 3.63) is 308 Å². The summed E-state index contributed by atoms with van der Waals surface area (Å²) < 4.78 is 2.83. The van der Waals surface area contributed by atoms with E-state index in [0.717, 1.165) is 12.8 Å². The zero-order chi connectivity index (χ0) is 66.0. The van der Waals surface area contributed by atoms with Gasteiger partial charge in [-0.1, -0.05) is 231 Å². The van der Waals surface area contributed by atoms with E-state index < -0.39 is 0 Å². The second-order valence-corrected chi connectivity index (χ2v) is 33.3. The van der Waals surface area contributed by atoms with Gasteiger partial charge in [-0.25, -0.2) is 12.2 Å². The van der Waals surface area contributed by atoms with E-state index in [9.17, 15) is 0 Å². The number of halogens is 2. The summed E-state index contributed by atoms with van der Waals surface area (Å²) in [7, 11) is 0. The topological polar surface area (TPSA) is 0 Å². The third kappa shape index (κ3) is 21.9. The fourth-order valence-corrected chi connectivity index (χ4v) is 12.5. The minimum absolute atomic E-state index is 0. The van der Waals surface area contributed by atoms with Crippen molar-refractivity contribution < 1.29 is 73.3 Å². The molecule has 0 radical (unpaired) electrons. The zero-order valence-electron chi connectivity index (χ0n) is 59.0. The average molecular weight is 1410 g/mol. The number of allylic oxidation sites excluding steroid dienone is 8. The molecule has 12 rings (SSSR count). The summed E-state index contributed by atoms with van der Waals surface area (Å²) in [6.45, 7) is 45.0. The third-order valence-electron chi connectivity index (χ3n) is 16.9. The second-order valence-electron chi connectivity index (χ2n) is 30.8. The summed E-state index contributed by atoms with van der Waals surface area (Å²) in [5.74, 6) is 1.04. The molecular formula is C88H100Cl2Zr2-2. The van der Waals surface area contributed by atoms with Crippen molar-refractivity contribution in [2.24, 2.45) is 22.7 Å². The van der Waals surface area contributed by atoms with E-state index in [0.29, 0.717) is 22.7 Å². The van der Waals surface area contributed by atoms with Crippen LogP contribution in [0, 0.1) is 47.0 Å². The van der Waals surface area contributed by atoms with Gasteiger partial charge >= 0.3 is 198 Å². The van der Waals surface area contributed by atoms with E-state index in [-0.39, 0.29) is 46.5 Å². The van der Waals surface area contributed by atoms with Crippen molar-refractivity contribution in [3.8, 4) is 22.3 Å². The molecule has 8 aromatic rings. The molecule has 2 atom stereocenters. The Balaban J connectivity index is 0.000000204. The zero-order valence-corrected chi connectivity index (χ0v) is 65.4. The quantitative estimate of drug-likeness (QED) is 0.154. The monoisotopic (exact) mass is 1410 g/mol. The molecule has 8 aromatic carbocycles. The Labute approximate surface area is 600 Å². The van der Waals surface area contributed by atoms with Crippen LogP contribution in [-0.2, 0) is 83.0 Å². The molecule has 0 saturated heterocycles. The van der Waals surface area contributed by atoms with Crippen LogP contribution in [0.3, 0.4) is 0 Å². The summed E-state index contributed by atoms with van der Waals surface area (Å²) in [4.78, 5) is 0. The molecule has 4 heteroatoms. The number of hydrogen-bond acceptors (Lipinski definition) is 0. The fraction of sp³-hybridized carbons (Fsp3) is 0.341. The van der Waals surface area contributed by atoms with Gasteiger partial charge in [0.05, 0.1) is 0 Å². The molecule has 0 aliphatic heterocycles. The summed E-state index contributed by atoms with van der Waals surface area (Å²) in [5.41, 5.74) is 26.3. The predicted octanol–water partition coefficient (Wildman–Crippen LogP) is 16.9. The molecule has 92 heavy (non-hydrogen) atoms. The van der Waals surface area contributed by atoms with Crippen molar-refractivity contribution >= 4 is 6.41 Å². The molecule has 476 valence electrons. The van der Waals surface area contributed by atoms with Gasteiger partial charge in [-0.15, -0.1) is 11.1 Å². The molecule has 0 amide bonds. The van der Waals surface area contributed by atoms with Gasteiger partial charge < -0.3 is 24.8 Å². The summed E-state index contributed by atoms with van der Waals surface area (Å²) in [6, 6.07) is 72.3. The van der Waals surface area contributed by atoms with E-state index in [4.69, 9.17) is 0 Å². The summed E-state index contributed by atoms with van der Waals surface area (Å²) in [6.07, 6.45) is 17.4. The molecule has 0 aromatic heterocycles. The third-order valence-corrected chi connectivity index (χ3v) is 19.7. The van der Waals surface area contributed by atoms with Crippen LogP contribution in [0.15, 0.2) is 217 Å². The van der Waals surface area contributed by atoms with Gasteiger partial charge in [0.15, 0.2) is 0 Å². The minimum atomic E-state index is 0. The van der Waals surface area contributed by atoms with Crippen LogP contribution in [-0.4, -0.2) is 6.41 Å². The van der Waals surface area contributed by atoms with E-state index in [1.54, 1.807) is 0 Å². The van der Waals surface area contributed by atoms with E-state index in [1.807, 2.05) is 0 Å². The Morgan fingerprint density at radius 3 is 0.815 bits per heavy atom. The summed E-state index contributed by atoms with van der Waals surface area (Å²) >= 11 is 2.92. The fourth-order valence-electron chi connectivity index (χ4n) is 10.8. The number of hydrogen-bond donors (Lipinski definition) is 0. The van der Waals surface area contributed by atoms with Gasteiger partial charge in [0.1, 0.15) is 0 Å². The Bertz CT molecular complexity index is 3390. The standard InChI is InChI=1S/2C21H25.2C13H10.2C10H15.2ClH.2Zr/c2*1-20(2,3)16-9-7-14-11-15-8-10-17(21(4,5)6)13-19(15)18(14)12-16;2*1-3-7-12(8-4-1)11-13-9-5-2-6-10-13;2*1-8-5-6-9(7-8)10(2,3)4;;;;/h2*7,9-10,12-13H,11H2,1-6H3;2*1-10H;2*6-8H,1-4H3;2*1H;;/q2*-1;;;2*-1;;;2*+2/p-2. The van der Waals surface area contributed by atoms with Crippen LogP contribution >= 0.6 is 0 Å². The molecule has 4 aliphatic rings. The number of rotatable bonds is 4. The Hall–Kier alpha value is -5.19. The average Bonchev–Trinajstić information content (AvgIpc) is 1.61. The first-order valence-electron chi connectivity index (χ1n) is 32.5. The molecule has 0 fully saturated rings. The van der Waals surface area contributed by atoms with Gasteiger partial charge in [-0.3, -0.25) is 12.2 Å². The van der Waals surface area contributed by atoms with Crippen molar-refractivity contribution in [1.29, 1.82) is 0 Å². The maximum atomic E-state index is 3.53. The molecule has 0 saturated carbocycles. The van der Waals surface area contributed by atoms with E-state index in [2.05, 4.69) is 369 Å². The molecule has 0 heterocycles. The first-order valence-corrected chi connectivity index (χ1v) is 34.9. The molecule has 0 bridgehead atoms. The predicted molar refractivity (Wildman–Crippen MR) is 383 cm³/mol. The molecule has 0 nitrogen and oxygen atoms in total. The van der Waals surface area contributed by atoms with Gasteiger partial charge in [-0.2, -0.15) is 82.0 Å².